The minimum absolute atomic E-state index is 0.0707. The fraction of sp³-hybridized carbons (Fsp3) is 0.136. The molecule has 0 aliphatic heterocycles. The number of pyridine rings is 1. The minimum atomic E-state index is -1.07. The summed E-state index contributed by atoms with van der Waals surface area (Å²) < 4.78 is 12.5. The van der Waals surface area contributed by atoms with Crippen molar-refractivity contribution in [1.29, 1.82) is 0 Å². The monoisotopic (exact) mass is 438 g/mol. The molecule has 0 atom stereocenters. The van der Waals surface area contributed by atoms with E-state index in [1.54, 1.807) is 55.4 Å². The maximum atomic E-state index is 11.7. The van der Waals surface area contributed by atoms with Crippen molar-refractivity contribution in [1.82, 2.24) is 14.5 Å². The van der Waals surface area contributed by atoms with Crippen LogP contribution in [0.15, 0.2) is 54.9 Å². The molecule has 0 unspecified atom stereocenters. The number of anilines is 1. The molecule has 158 valence electrons. The van der Waals surface area contributed by atoms with Crippen LogP contribution in [0.4, 0.5) is 5.82 Å². The van der Waals surface area contributed by atoms with Gasteiger partial charge in [-0.2, -0.15) is 0 Å². The standard InChI is InChI=1S/C22H19ClN4O4/c1-30-18-9-16-17(10-19(18)31-2)27(12-25-16)20-8-7-15(22(28)29)21(26-20)24-11-13-3-5-14(23)6-4-13/h3-10,12H,11H2,1-2H3,(H,24,26)(H,28,29). The van der Waals surface area contributed by atoms with Crippen molar-refractivity contribution in [2.24, 2.45) is 0 Å². The molecule has 2 aromatic carbocycles. The molecule has 0 saturated heterocycles. The first kappa shape index (κ1) is 20.5. The van der Waals surface area contributed by atoms with Gasteiger partial charge in [-0.1, -0.05) is 23.7 Å². The van der Waals surface area contributed by atoms with Gasteiger partial charge in [0.2, 0.25) is 0 Å². The van der Waals surface area contributed by atoms with Gasteiger partial charge in [0.1, 0.15) is 23.5 Å². The molecule has 0 amide bonds. The highest BCUT2D eigenvalue weighted by Crippen LogP contribution is 2.32. The molecule has 0 radical (unpaired) electrons. The molecule has 31 heavy (non-hydrogen) atoms. The van der Waals surface area contributed by atoms with Crippen LogP contribution in [0.25, 0.3) is 16.9 Å². The molecule has 0 spiro atoms. The third-order valence-corrected chi connectivity index (χ3v) is 5.04. The summed E-state index contributed by atoms with van der Waals surface area (Å²) in [4.78, 5) is 20.7. The Morgan fingerprint density at radius 3 is 2.48 bits per heavy atom. The Bertz CT molecular complexity index is 1250. The Morgan fingerprint density at radius 2 is 1.81 bits per heavy atom. The number of nitrogens with one attached hydrogen (secondary N) is 1. The summed E-state index contributed by atoms with van der Waals surface area (Å²) in [6.45, 7) is 0.392. The predicted molar refractivity (Wildman–Crippen MR) is 118 cm³/mol. The summed E-state index contributed by atoms with van der Waals surface area (Å²) in [5, 5.41) is 13.3. The van der Waals surface area contributed by atoms with Crippen molar-refractivity contribution in [3.8, 4) is 17.3 Å². The highest BCUT2D eigenvalue weighted by molar-refractivity contribution is 6.30. The van der Waals surface area contributed by atoms with Crippen LogP contribution in [0, 0.1) is 0 Å². The summed E-state index contributed by atoms with van der Waals surface area (Å²) in [5.74, 6) is 0.819. The highest BCUT2D eigenvalue weighted by atomic mass is 35.5. The van der Waals surface area contributed by atoms with Crippen LogP contribution in [0.5, 0.6) is 11.5 Å². The molecule has 0 saturated carbocycles. The number of rotatable bonds is 7. The van der Waals surface area contributed by atoms with Crippen LogP contribution in [-0.4, -0.2) is 39.8 Å². The van der Waals surface area contributed by atoms with Gasteiger partial charge in [0, 0.05) is 23.7 Å². The van der Waals surface area contributed by atoms with Crippen molar-refractivity contribution in [3.05, 3.63) is 71.0 Å². The van der Waals surface area contributed by atoms with E-state index < -0.39 is 5.97 Å². The number of benzene rings is 2. The molecule has 8 nitrogen and oxygen atoms in total. The van der Waals surface area contributed by atoms with E-state index in [1.165, 1.54) is 6.07 Å². The third kappa shape index (κ3) is 4.10. The second-order valence-electron chi connectivity index (χ2n) is 6.66. The lowest BCUT2D eigenvalue weighted by Crippen LogP contribution is -2.10. The number of fused-ring (bicyclic) bond motifs is 1. The zero-order chi connectivity index (χ0) is 22.0. The van der Waals surface area contributed by atoms with Gasteiger partial charge in [0.05, 0.1) is 25.3 Å². The van der Waals surface area contributed by atoms with Crippen LogP contribution in [-0.2, 0) is 6.54 Å². The number of carboxylic acids is 1. The number of nitrogens with zero attached hydrogens (tertiary/aromatic N) is 3. The first-order valence-electron chi connectivity index (χ1n) is 9.32. The molecule has 4 aromatic rings. The molecule has 0 aliphatic rings. The highest BCUT2D eigenvalue weighted by Gasteiger charge is 2.16. The Kier molecular flexibility index (Phi) is 5.64. The van der Waals surface area contributed by atoms with E-state index in [0.29, 0.717) is 34.4 Å². The van der Waals surface area contributed by atoms with Gasteiger partial charge in [0.25, 0.3) is 0 Å². The maximum absolute atomic E-state index is 11.7. The summed E-state index contributed by atoms with van der Waals surface area (Å²) in [5.41, 5.74) is 2.45. The number of aromatic carboxylic acids is 1. The van der Waals surface area contributed by atoms with E-state index in [0.717, 1.165) is 11.1 Å². The van der Waals surface area contributed by atoms with Gasteiger partial charge in [-0.15, -0.1) is 0 Å². The van der Waals surface area contributed by atoms with E-state index in [1.807, 2.05) is 12.1 Å². The predicted octanol–water partition coefficient (Wildman–Crippen LogP) is 4.40. The number of methoxy groups -OCH3 is 2. The summed E-state index contributed by atoms with van der Waals surface area (Å²) in [6.07, 6.45) is 1.62. The molecule has 0 bridgehead atoms. The molecule has 0 fully saturated rings. The van der Waals surface area contributed by atoms with Gasteiger partial charge < -0.3 is 19.9 Å². The van der Waals surface area contributed by atoms with Gasteiger partial charge in [-0.3, -0.25) is 4.57 Å². The van der Waals surface area contributed by atoms with Crippen LogP contribution >= 0.6 is 11.6 Å². The smallest absolute Gasteiger partial charge is 0.339 e. The lowest BCUT2D eigenvalue weighted by Gasteiger charge is -2.12. The fourth-order valence-corrected chi connectivity index (χ4v) is 3.32. The van der Waals surface area contributed by atoms with E-state index in [4.69, 9.17) is 21.1 Å². The Labute approximate surface area is 183 Å². The number of carbonyl (C=O) groups is 1. The first-order chi connectivity index (χ1) is 15.0. The lowest BCUT2D eigenvalue weighted by atomic mass is 10.2. The van der Waals surface area contributed by atoms with Gasteiger partial charge in [-0.25, -0.2) is 14.8 Å². The molecular formula is C22H19ClN4O4. The normalized spacial score (nSPS) is 10.8. The van der Waals surface area contributed by atoms with Crippen molar-refractivity contribution in [2.75, 3.05) is 19.5 Å². The average Bonchev–Trinajstić information content (AvgIpc) is 3.20. The van der Waals surface area contributed by atoms with E-state index in [9.17, 15) is 9.90 Å². The largest absolute Gasteiger partial charge is 0.493 e. The van der Waals surface area contributed by atoms with Gasteiger partial charge in [-0.05, 0) is 29.8 Å². The first-order valence-corrected chi connectivity index (χ1v) is 9.70. The number of carboxylic acid groups (broad SMARTS) is 1. The van der Waals surface area contributed by atoms with Crippen molar-refractivity contribution in [3.63, 3.8) is 0 Å². The number of imidazole rings is 1. The van der Waals surface area contributed by atoms with Crippen molar-refractivity contribution >= 4 is 34.4 Å². The average molecular weight is 439 g/mol. The second-order valence-corrected chi connectivity index (χ2v) is 7.10. The van der Waals surface area contributed by atoms with E-state index in [-0.39, 0.29) is 11.4 Å². The zero-order valence-corrected chi connectivity index (χ0v) is 17.6. The Hall–Kier alpha value is -3.78. The molecular weight excluding hydrogens is 420 g/mol. The van der Waals surface area contributed by atoms with Crippen molar-refractivity contribution < 1.29 is 19.4 Å². The Morgan fingerprint density at radius 1 is 1.10 bits per heavy atom. The zero-order valence-electron chi connectivity index (χ0n) is 16.8. The van der Waals surface area contributed by atoms with E-state index in [2.05, 4.69) is 15.3 Å². The third-order valence-electron chi connectivity index (χ3n) is 4.78. The van der Waals surface area contributed by atoms with Crippen LogP contribution in [0.3, 0.4) is 0 Å². The molecule has 9 heteroatoms. The number of hydrogen-bond donors (Lipinski definition) is 2. The van der Waals surface area contributed by atoms with Crippen molar-refractivity contribution in [2.45, 2.75) is 6.54 Å². The van der Waals surface area contributed by atoms with Gasteiger partial charge >= 0.3 is 5.97 Å². The van der Waals surface area contributed by atoms with Crippen LogP contribution in [0.2, 0.25) is 5.02 Å². The lowest BCUT2D eigenvalue weighted by molar-refractivity contribution is 0.0697. The quantitative estimate of drug-likeness (QED) is 0.441. The maximum Gasteiger partial charge on any atom is 0.339 e. The van der Waals surface area contributed by atoms with Crippen LogP contribution in [0.1, 0.15) is 15.9 Å². The van der Waals surface area contributed by atoms with E-state index >= 15 is 0 Å². The number of ether oxygens (including phenoxy) is 2. The summed E-state index contributed by atoms with van der Waals surface area (Å²) in [7, 11) is 3.12. The SMILES string of the molecule is COc1cc2ncn(-c3ccc(C(=O)O)c(NCc4ccc(Cl)cc4)n3)c2cc1OC. The number of aromatic nitrogens is 3. The fourth-order valence-electron chi connectivity index (χ4n) is 3.20. The second kappa shape index (κ2) is 8.53. The van der Waals surface area contributed by atoms with Crippen LogP contribution < -0.4 is 14.8 Å². The topological polar surface area (TPSA) is 98.5 Å². The Balaban J connectivity index is 1.73. The molecule has 2 heterocycles. The number of hydrogen-bond acceptors (Lipinski definition) is 6. The molecule has 4 rings (SSSR count). The van der Waals surface area contributed by atoms with Gasteiger partial charge in [0.15, 0.2) is 11.5 Å². The summed E-state index contributed by atoms with van der Waals surface area (Å²) in [6, 6.07) is 14.0. The summed E-state index contributed by atoms with van der Waals surface area (Å²) >= 11 is 5.93. The molecule has 0 aliphatic carbocycles. The molecule has 2 N–H and O–H groups in total. The minimum Gasteiger partial charge on any atom is -0.493 e. The number of halogens is 1. The molecule has 2 aromatic heterocycles.